The van der Waals surface area contributed by atoms with E-state index in [-0.39, 0.29) is 11.0 Å². The van der Waals surface area contributed by atoms with Gasteiger partial charge in [-0.2, -0.15) is 4.57 Å². The molecule has 2 atom stereocenters. The first-order valence-electron chi connectivity index (χ1n) is 11.1. The molecular weight excluding hydrogens is 338 g/mol. The molecule has 0 saturated heterocycles. The normalized spacial score (nSPS) is 23.5. The predicted octanol–water partition coefficient (Wildman–Crippen LogP) is 6.94. The number of hydrogen-bond donors (Lipinski definition) is 0. The van der Waals surface area contributed by atoms with Crippen LogP contribution < -0.4 is 4.57 Å². The average Bonchev–Trinajstić information content (AvgIpc) is 2.75. The summed E-state index contributed by atoms with van der Waals surface area (Å²) in [6.07, 6.45) is 8.28. The van der Waals surface area contributed by atoms with Crippen molar-refractivity contribution in [3.63, 3.8) is 0 Å². The molecular formula is C27H34N+. The Morgan fingerprint density at radius 1 is 0.821 bits per heavy atom. The Balaban J connectivity index is 2.10. The lowest BCUT2D eigenvalue weighted by atomic mass is 9.60. The second-order valence-electron chi connectivity index (χ2n) is 8.87. The van der Waals surface area contributed by atoms with Gasteiger partial charge in [0.15, 0.2) is 11.7 Å². The second-order valence-corrected chi connectivity index (χ2v) is 8.87. The van der Waals surface area contributed by atoms with Gasteiger partial charge >= 0.3 is 0 Å². The van der Waals surface area contributed by atoms with E-state index >= 15 is 0 Å². The van der Waals surface area contributed by atoms with E-state index in [0.29, 0.717) is 0 Å². The summed E-state index contributed by atoms with van der Waals surface area (Å²) in [5.74, 6) is 0. The van der Waals surface area contributed by atoms with Gasteiger partial charge in [-0.05, 0) is 54.8 Å². The molecule has 0 radical (unpaired) electrons. The van der Waals surface area contributed by atoms with Crippen LogP contribution in [0.5, 0.6) is 0 Å². The van der Waals surface area contributed by atoms with Gasteiger partial charge in [0, 0.05) is 19.4 Å². The van der Waals surface area contributed by atoms with Crippen LogP contribution in [0.4, 0.5) is 0 Å². The van der Waals surface area contributed by atoms with Crippen molar-refractivity contribution in [3.8, 4) is 11.3 Å². The van der Waals surface area contributed by atoms with E-state index < -0.39 is 0 Å². The largest absolute Gasteiger partial charge is 0.221 e. The summed E-state index contributed by atoms with van der Waals surface area (Å²) >= 11 is 0. The number of pyridine rings is 1. The molecule has 1 aliphatic rings. The first kappa shape index (κ1) is 19.2. The summed E-state index contributed by atoms with van der Waals surface area (Å²) in [6.45, 7) is 11.9. The Bertz CT molecular complexity index is 1020. The van der Waals surface area contributed by atoms with Crippen LogP contribution in [-0.2, 0) is 17.4 Å². The monoisotopic (exact) mass is 372 g/mol. The maximum atomic E-state index is 2.60. The standard InChI is InChI=1S/C27H34N/c1-6-9-13-20-14-12-16-22-21(20)18-19-28-25(22)23-15-10-11-17-24(23)26(4,7-2)27(28,5)8-3/h10-12,14-19H,6-9,13H2,1-5H3/q+1. The number of nitrogens with zero attached hydrogens (tertiary/aromatic N) is 1. The minimum absolute atomic E-state index is 0.0546. The van der Waals surface area contributed by atoms with Crippen molar-refractivity contribution in [2.24, 2.45) is 0 Å². The van der Waals surface area contributed by atoms with Gasteiger partial charge in [0.05, 0.1) is 16.4 Å². The molecule has 28 heavy (non-hydrogen) atoms. The number of unbranched alkanes of at least 4 members (excludes halogenated alkanes) is 1. The predicted molar refractivity (Wildman–Crippen MR) is 120 cm³/mol. The molecule has 0 N–H and O–H groups in total. The van der Waals surface area contributed by atoms with Crippen LogP contribution >= 0.6 is 0 Å². The summed E-state index contributed by atoms with van der Waals surface area (Å²) in [6, 6.07) is 18.4. The van der Waals surface area contributed by atoms with Gasteiger partial charge in [0.1, 0.15) is 0 Å². The zero-order valence-corrected chi connectivity index (χ0v) is 18.2. The Morgan fingerprint density at radius 2 is 1.61 bits per heavy atom. The highest BCUT2D eigenvalue weighted by Crippen LogP contribution is 2.50. The second kappa shape index (κ2) is 7.03. The maximum absolute atomic E-state index is 2.60. The third-order valence-electron chi connectivity index (χ3n) is 7.77. The van der Waals surface area contributed by atoms with E-state index in [1.807, 2.05) is 0 Å². The molecule has 2 unspecified atom stereocenters. The lowest BCUT2D eigenvalue weighted by Gasteiger charge is -2.46. The SMILES string of the molecule is CCCCc1cccc2c3[n+](ccc12)C(C)(CC)C(C)(CC)c1ccccc1-3. The molecule has 2 aromatic carbocycles. The highest BCUT2D eigenvalue weighted by molar-refractivity contribution is 5.96. The van der Waals surface area contributed by atoms with E-state index in [2.05, 4.69) is 93.9 Å². The smallest absolute Gasteiger partial charge is 0.192 e. The molecule has 0 fully saturated rings. The summed E-state index contributed by atoms with van der Waals surface area (Å²) in [5, 5.41) is 2.83. The minimum atomic E-state index is 0.0546. The first-order chi connectivity index (χ1) is 13.5. The van der Waals surface area contributed by atoms with Crippen molar-refractivity contribution >= 4 is 10.8 Å². The molecule has 0 spiro atoms. The third kappa shape index (κ3) is 2.48. The molecule has 0 bridgehead atoms. The van der Waals surface area contributed by atoms with Crippen molar-refractivity contribution in [3.05, 3.63) is 65.9 Å². The van der Waals surface area contributed by atoms with E-state index in [1.54, 1.807) is 0 Å². The van der Waals surface area contributed by atoms with Crippen molar-refractivity contribution in [1.29, 1.82) is 0 Å². The molecule has 1 aromatic heterocycles. The molecule has 0 saturated carbocycles. The molecule has 0 amide bonds. The van der Waals surface area contributed by atoms with Gasteiger partial charge in [-0.3, -0.25) is 0 Å². The molecule has 1 nitrogen and oxygen atoms in total. The fourth-order valence-electron chi connectivity index (χ4n) is 5.50. The molecule has 3 aromatic rings. The summed E-state index contributed by atoms with van der Waals surface area (Å²) in [5.41, 5.74) is 5.98. The van der Waals surface area contributed by atoms with Crippen LogP contribution in [0, 0.1) is 0 Å². The lowest BCUT2D eigenvalue weighted by molar-refractivity contribution is -0.764. The topological polar surface area (TPSA) is 3.88 Å². The number of aryl methyl sites for hydroxylation is 1. The number of rotatable bonds is 5. The summed E-state index contributed by atoms with van der Waals surface area (Å²) in [7, 11) is 0. The fraction of sp³-hybridized carbons (Fsp3) is 0.444. The zero-order chi connectivity index (χ0) is 19.9. The summed E-state index contributed by atoms with van der Waals surface area (Å²) < 4.78 is 2.60. The maximum Gasteiger partial charge on any atom is 0.221 e. The highest BCUT2D eigenvalue weighted by Gasteiger charge is 2.56. The summed E-state index contributed by atoms with van der Waals surface area (Å²) in [4.78, 5) is 0. The first-order valence-corrected chi connectivity index (χ1v) is 11.1. The van der Waals surface area contributed by atoms with Crippen LogP contribution in [0.1, 0.15) is 71.4 Å². The van der Waals surface area contributed by atoms with Crippen molar-refractivity contribution in [2.75, 3.05) is 0 Å². The van der Waals surface area contributed by atoms with Gasteiger partial charge in [-0.1, -0.05) is 57.5 Å². The quantitative estimate of drug-likeness (QED) is 0.427. The Hall–Kier alpha value is -2.15. The van der Waals surface area contributed by atoms with Gasteiger partial charge in [0.2, 0.25) is 5.69 Å². The Labute approximate surface area is 170 Å². The average molecular weight is 373 g/mol. The van der Waals surface area contributed by atoms with Crippen molar-refractivity contribution < 1.29 is 4.57 Å². The minimum Gasteiger partial charge on any atom is -0.192 e. The van der Waals surface area contributed by atoms with E-state index in [9.17, 15) is 0 Å². The molecule has 2 heterocycles. The zero-order valence-electron chi connectivity index (χ0n) is 18.2. The van der Waals surface area contributed by atoms with E-state index in [1.165, 1.54) is 46.0 Å². The van der Waals surface area contributed by atoms with E-state index in [0.717, 1.165) is 19.3 Å². The number of benzene rings is 2. The van der Waals surface area contributed by atoms with Crippen LogP contribution in [0.15, 0.2) is 54.7 Å². The molecule has 1 aliphatic heterocycles. The molecule has 1 heteroatoms. The van der Waals surface area contributed by atoms with Crippen molar-refractivity contribution in [2.45, 2.75) is 77.7 Å². The van der Waals surface area contributed by atoms with Gasteiger partial charge in [-0.15, -0.1) is 0 Å². The van der Waals surface area contributed by atoms with Crippen LogP contribution in [0.3, 0.4) is 0 Å². The number of fused-ring (bicyclic) bond motifs is 5. The third-order valence-corrected chi connectivity index (χ3v) is 7.77. The van der Waals surface area contributed by atoms with Crippen LogP contribution in [-0.4, -0.2) is 0 Å². The van der Waals surface area contributed by atoms with Gasteiger partial charge in [-0.25, -0.2) is 0 Å². The molecule has 4 rings (SSSR count). The van der Waals surface area contributed by atoms with Gasteiger partial charge in [0.25, 0.3) is 0 Å². The fourth-order valence-corrected chi connectivity index (χ4v) is 5.50. The molecule has 0 aliphatic carbocycles. The van der Waals surface area contributed by atoms with Crippen molar-refractivity contribution in [1.82, 2.24) is 0 Å². The number of aromatic nitrogens is 1. The lowest BCUT2D eigenvalue weighted by Crippen LogP contribution is -2.67. The molecule has 146 valence electrons. The Kier molecular flexibility index (Phi) is 4.81. The van der Waals surface area contributed by atoms with Crippen LogP contribution in [0.25, 0.3) is 22.0 Å². The van der Waals surface area contributed by atoms with Crippen LogP contribution in [0.2, 0.25) is 0 Å². The highest BCUT2D eigenvalue weighted by atomic mass is 15.1. The van der Waals surface area contributed by atoms with E-state index in [4.69, 9.17) is 0 Å². The number of hydrogen-bond acceptors (Lipinski definition) is 0. The van der Waals surface area contributed by atoms with Gasteiger partial charge < -0.3 is 0 Å². The Morgan fingerprint density at radius 3 is 2.32 bits per heavy atom.